The van der Waals surface area contributed by atoms with Gasteiger partial charge in [-0.25, -0.2) is 9.97 Å². The topological polar surface area (TPSA) is 63.8 Å². The molecule has 1 aromatic carbocycles. The lowest BCUT2D eigenvalue weighted by molar-refractivity contribution is 0.515. The first kappa shape index (κ1) is 16.9. The minimum absolute atomic E-state index is 0.477. The van der Waals surface area contributed by atoms with Crippen molar-refractivity contribution in [2.45, 2.75) is 33.7 Å². The zero-order valence-corrected chi connectivity index (χ0v) is 15.4. The number of benzene rings is 1. The highest BCUT2D eigenvalue weighted by Crippen LogP contribution is 2.26. The molecule has 0 fully saturated rings. The predicted molar refractivity (Wildman–Crippen MR) is 97.5 cm³/mol. The Morgan fingerprint density at radius 2 is 1.96 bits per heavy atom. The van der Waals surface area contributed by atoms with Crippen LogP contribution in [0.15, 0.2) is 28.7 Å². The van der Waals surface area contributed by atoms with E-state index in [1.807, 2.05) is 31.2 Å². The lowest BCUT2D eigenvalue weighted by Crippen LogP contribution is -2.00. The number of hydrogen-bond donors (Lipinski definition) is 1. The molecule has 0 radical (unpaired) electrons. The lowest BCUT2D eigenvalue weighted by Gasteiger charge is -1.99. The van der Waals surface area contributed by atoms with Crippen LogP contribution in [0, 0.1) is 12.8 Å². The van der Waals surface area contributed by atoms with E-state index in [1.54, 1.807) is 0 Å². The van der Waals surface area contributed by atoms with Crippen molar-refractivity contribution in [3.8, 4) is 11.3 Å². The van der Waals surface area contributed by atoms with Crippen LogP contribution in [0.1, 0.15) is 31.3 Å². The van der Waals surface area contributed by atoms with Crippen molar-refractivity contribution in [2.24, 2.45) is 5.92 Å². The summed E-state index contributed by atoms with van der Waals surface area (Å²) in [6.07, 6.45) is 0.886. The van der Waals surface area contributed by atoms with Crippen LogP contribution in [0.5, 0.6) is 0 Å². The van der Waals surface area contributed by atoms with Crippen LogP contribution in [0.2, 0.25) is 5.02 Å². The van der Waals surface area contributed by atoms with Crippen molar-refractivity contribution >= 4 is 28.3 Å². The van der Waals surface area contributed by atoms with Gasteiger partial charge in [-0.1, -0.05) is 25.4 Å². The second-order valence-corrected chi connectivity index (χ2v) is 7.18. The molecule has 0 bridgehead atoms. The van der Waals surface area contributed by atoms with E-state index in [9.17, 15) is 0 Å². The molecule has 0 aliphatic heterocycles. The third-order valence-corrected chi connectivity index (χ3v) is 4.36. The summed E-state index contributed by atoms with van der Waals surface area (Å²) in [5, 5.41) is 4.71. The molecular weight excluding hydrogens is 344 g/mol. The Balaban J connectivity index is 1.67. The molecular formula is C17H19ClN4OS. The predicted octanol–water partition coefficient (Wildman–Crippen LogP) is 4.97. The summed E-state index contributed by atoms with van der Waals surface area (Å²) in [6.45, 7) is 6.72. The molecule has 0 spiro atoms. The zero-order valence-electron chi connectivity index (χ0n) is 13.8. The van der Waals surface area contributed by atoms with Gasteiger partial charge in [0.15, 0.2) is 5.76 Å². The first-order valence-electron chi connectivity index (χ1n) is 7.80. The summed E-state index contributed by atoms with van der Waals surface area (Å²) in [7, 11) is 0. The Kier molecular flexibility index (Phi) is 5.16. The number of anilines is 1. The monoisotopic (exact) mass is 362 g/mol. The molecule has 0 saturated carbocycles. The molecule has 0 unspecified atom stereocenters. The molecule has 0 atom stereocenters. The molecule has 2 aromatic heterocycles. The SMILES string of the molecule is Cc1nc(CNc2nc(CC(C)C)ns2)oc1-c1ccc(Cl)cc1. The summed E-state index contributed by atoms with van der Waals surface area (Å²) in [6, 6.07) is 7.54. The Bertz CT molecular complexity index is 810. The van der Waals surface area contributed by atoms with Crippen molar-refractivity contribution in [1.29, 1.82) is 0 Å². The summed E-state index contributed by atoms with van der Waals surface area (Å²) in [5.74, 6) is 2.81. The van der Waals surface area contributed by atoms with Gasteiger partial charge in [-0.05, 0) is 37.1 Å². The molecule has 3 aromatic rings. The molecule has 7 heteroatoms. The van der Waals surface area contributed by atoms with Crippen LogP contribution in [0.25, 0.3) is 11.3 Å². The minimum atomic E-state index is 0.477. The van der Waals surface area contributed by atoms with Gasteiger partial charge in [-0.3, -0.25) is 0 Å². The number of aryl methyl sites for hydroxylation is 1. The van der Waals surface area contributed by atoms with Gasteiger partial charge in [0.05, 0.1) is 12.2 Å². The fraction of sp³-hybridized carbons (Fsp3) is 0.353. The maximum absolute atomic E-state index is 5.93. The van der Waals surface area contributed by atoms with E-state index in [0.29, 0.717) is 23.4 Å². The van der Waals surface area contributed by atoms with Gasteiger partial charge in [0.25, 0.3) is 0 Å². The number of rotatable bonds is 6. The standard InChI is InChI=1S/C17H19ClN4OS/c1-10(2)8-14-21-17(24-22-14)19-9-15-20-11(3)16(23-15)12-4-6-13(18)7-5-12/h4-7,10H,8-9H2,1-3H3,(H,19,21,22). The van der Waals surface area contributed by atoms with E-state index in [4.69, 9.17) is 16.0 Å². The number of nitrogens with zero attached hydrogens (tertiary/aromatic N) is 3. The van der Waals surface area contributed by atoms with E-state index < -0.39 is 0 Å². The molecule has 0 saturated heterocycles. The van der Waals surface area contributed by atoms with Gasteiger partial charge < -0.3 is 9.73 Å². The highest BCUT2D eigenvalue weighted by molar-refractivity contribution is 7.09. The fourth-order valence-corrected chi connectivity index (χ4v) is 3.04. The molecule has 0 aliphatic rings. The Morgan fingerprint density at radius 3 is 2.67 bits per heavy atom. The summed E-state index contributed by atoms with van der Waals surface area (Å²) in [5.41, 5.74) is 1.82. The minimum Gasteiger partial charge on any atom is -0.438 e. The van der Waals surface area contributed by atoms with Gasteiger partial charge in [-0.15, -0.1) is 0 Å². The van der Waals surface area contributed by atoms with Crippen LogP contribution in [0.3, 0.4) is 0 Å². The Hall–Kier alpha value is -1.92. The molecule has 24 heavy (non-hydrogen) atoms. The third-order valence-electron chi connectivity index (χ3n) is 3.40. The van der Waals surface area contributed by atoms with Crippen LogP contribution >= 0.6 is 23.1 Å². The van der Waals surface area contributed by atoms with Gasteiger partial charge >= 0.3 is 0 Å². The number of oxazole rings is 1. The molecule has 2 heterocycles. The summed E-state index contributed by atoms with van der Waals surface area (Å²) >= 11 is 7.29. The largest absolute Gasteiger partial charge is 0.438 e. The van der Waals surface area contributed by atoms with Crippen LogP contribution in [0.4, 0.5) is 5.13 Å². The zero-order chi connectivity index (χ0) is 17.1. The fourth-order valence-electron chi connectivity index (χ4n) is 2.32. The van der Waals surface area contributed by atoms with Gasteiger partial charge in [0.1, 0.15) is 5.82 Å². The maximum atomic E-state index is 5.93. The second kappa shape index (κ2) is 7.32. The van der Waals surface area contributed by atoms with Gasteiger partial charge in [0, 0.05) is 28.5 Å². The number of nitrogens with one attached hydrogen (secondary N) is 1. The Morgan fingerprint density at radius 1 is 1.21 bits per heavy atom. The molecule has 3 rings (SSSR count). The highest BCUT2D eigenvalue weighted by Gasteiger charge is 2.12. The highest BCUT2D eigenvalue weighted by atomic mass is 35.5. The molecule has 0 aliphatic carbocycles. The maximum Gasteiger partial charge on any atom is 0.214 e. The van der Waals surface area contributed by atoms with Crippen LogP contribution in [-0.2, 0) is 13.0 Å². The third kappa shape index (κ3) is 4.13. The molecule has 126 valence electrons. The normalized spacial score (nSPS) is 11.2. The lowest BCUT2D eigenvalue weighted by atomic mass is 10.1. The van der Waals surface area contributed by atoms with Crippen molar-refractivity contribution in [2.75, 3.05) is 5.32 Å². The van der Waals surface area contributed by atoms with Crippen molar-refractivity contribution in [3.05, 3.63) is 46.7 Å². The quantitative estimate of drug-likeness (QED) is 0.671. The van der Waals surface area contributed by atoms with E-state index in [0.717, 1.165) is 34.4 Å². The van der Waals surface area contributed by atoms with Crippen LogP contribution < -0.4 is 5.32 Å². The first-order chi connectivity index (χ1) is 11.5. The van der Waals surface area contributed by atoms with Crippen molar-refractivity contribution in [3.63, 3.8) is 0 Å². The average molecular weight is 363 g/mol. The summed E-state index contributed by atoms with van der Waals surface area (Å²) < 4.78 is 10.2. The van der Waals surface area contributed by atoms with E-state index in [1.165, 1.54) is 11.5 Å². The smallest absolute Gasteiger partial charge is 0.214 e. The van der Waals surface area contributed by atoms with Crippen molar-refractivity contribution in [1.82, 2.24) is 14.3 Å². The number of hydrogen-bond acceptors (Lipinski definition) is 6. The molecule has 1 N–H and O–H groups in total. The van der Waals surface area contributed by atoms with E-state index >= 15 is 0 Å². The second-order valence-electron chi connectivity index (χ2n) is 6.00. The number of aromatic nitrogens is 3. The Labute approximate surface area is 150 Å². The van der Waals surface area contributed by atoms with E-state index in [2.05, 4.69) is 33.5 Å². The molecule has 0 amide bonds. The summed E-state index contributed by atoms with van der Waals surface area (Å²) in [4.78, 5) is 8.95. The van der Waals surface area contributed by atoms with Crippen molar-refractivity contribution < 1.29 is 4.42 Å². The van der Waals surface area contributed by atoms with E-state index in [-0.39, 0.29) is 0 Å². The first-order valence-corrected chi connectivity index (χ1v) is 8.95. The van der Waals surface area contributed by atoms with Crippen LogP contribution in [-0.4, -0.2) is 14.3 Å². The van der Waals surface area contributed by atoms with Gasteiger partial charge in [-0.2, -0.15) is 4.37 Å². The average Bonchev–Trinajstić information content (AvgIpc) is 3.12. The number of halogens is 1. The molecule has 5 nitrogen and oxygen atoms in total. The van der Waals surface area contributed by atoms with Gasteiger partial charge in [0.2, 0.25) is 11.0 Å².